The van der Waals surface area contributed by atoms with Crippen LogP contribution in [0.1, 0.15) is 47.0 Å². The summed E-state index contributed by atoms with van der Waals surface area (Å²) in [5.74, 6) is -2.28. The van der Waals surface area contributed by atoms with Crippen LogP contribution in [0, 0.1) is 22.7 Å². The maximum absolute atomic E-state index is 15.6. The number of fused-ring (bicyclic) bond motifs is 7. The summed E-state index contributed by atoms with van der Waals surface area (Å²) in [5.41, 5.74) is -2.74. The zero-order chi connectivity index (χ0) is 23.5. The summed E-state index contributed by atoms with van der Waals surface area (Å²) >= 11 is 14.5. The van der Waals surface area contributed by atoms with Gasteiger partial charge in [-0.25, -0.2) is 4.39 Å². The van der Waals surface area contributed by atoms with Gasteiger partial charge >= 0.3 is 0 Å². The highest BCUT2D eigenvalue weighted by atomic mass is 35.5. The minimum absolute atomic E-state index is 0.106. The third kappa shape index (κ3) is 2.46. The minimum atomic E-state index is -1.37. The van der Waals surface area contributed by atoms with Crippen molar-refractivity contribution in [3.63, 3.8) is 0 Å². The Bertz CT molecular complexity index is 964. The topological polar surface area (TPSA) is 72.8 Å². The van der Waals surface area contributed by atoms with Crippen molar-refractivity contribution in [3.8, 4) is 0 Å². The first-order valence-corrected chi connectivity index (χ1v) is 12.0. The third-order valence-electron chi connectivity index (χ3n) is 9.14. The molecule has 5 rings (SSSR count). The lowest BCUT2D eigenvalue weighted by Gasteiger charge is -2.64. The van der Waals surface area contributed by atoms with E-state index in [0.717, 1.165) is 0 Å². The lowest BCUT2D eigenvalue weighted by molar-refractivity contribution is -0.213. The molecular formula is C24H29Cl2FO5. The Morgan fingerprint density at radius 2 is 1.94 bits per heavy atom. The molecule has 0 aromatic rings. The predicted octanol–water partition coefficient (Wildman–Crippen LogP) is 3.88. The Morgan fingerprint density at radius 1 is 1.25 bits per heavy atom. The molecule has 5 unspecified atom stereocenters. The molecule has 32 heavy (non-hydrogen) atoms. The first-order chi connectivity index (χ1) is 14.8. The van der Waals surface area contributed by atoms with Crippen LogP contribution >= 0.6 is 23.2 Å². The number of hydrogen-bond acceptors (Lipinski definition) is 5. The fourth-order valence-corrected chi connectivity index (χ4v) is 9.05. The molecule has 176 valence electrons. The molecule has 1 aliphatic heterocycles. The number of ether oxygens (including phenoxy) is 2. The van der Waals surface area contributed by atoms with E-state index < -0.39 is 57.1 Å². The molecule has 4 aliphatic carbocycles. The first-order valence-electron chi connectivity index (χ1n) is 11.2. The number of ketones is 2. The molecule has 8 heteroatoms. The lowest BCUT2D eigenvalue weighted by Crippen LogP contribution is -2.69. The van der Waals surface area contributed by atoms with Gasteiger partial charge in [-0.05, 0) is 62.7 Å². The second kappa shape index (κ2) is 6.66. The summed E-state index contributed by atoms with van der Waals surface area (Å²) < 4.78 is 28.1. The van der Waals surface area contributed by atoms with E-state index in [0.29, 0.717) is 18.4 Å². The number of Topliss-reactive ketones (excluding diaryl/α,β-unsaturated/α-hetero) is 1. The molecule has 5 nitrogen and oxygen atoms in total. The SMILES string of the molecule is CC1(C)O[C@@H]2CC3C4C[C@H](F)C5=CC(=O)C=CC5(C)[C@@]4(Cl)C(Cl)CC3(C)[C@]2(C(=O)CO)O1. The van der Waals surface area contributed by atoms with Crippen LogP contribution < -0.4 is 0 Å². The molecule has 0 spiro atoms. The molecule has 0 amide bonds. The van der Waals surface area contributed by atoms with E-state index in [1.807, 2.05) is 13.8 Å². The van der Waals surface area contributed by atoms with E-state index >= 15 is 4.39 Å². The number of alkyl halides is 3. The van der Waals surface area contributed by atoms with Gasteiger partial charge in [-0.3, -0.25) is 9.59 Å². The van der Waals surface area contributed by atoms with Gasteiger partial charge in [-0.2, -0.15) is 0 Å². The molecule has 1 heterocycles. The van der Waals surface area contributed by atoms with E-state index in [4.69, 9.17) is 32.7 Å². The van der Waals surface area contributed by atoms with Gasteiger partial charge in [0, 0.05) is 10.8 Å². The number of aliphatic hydroxyl groups excluding tert-OH is 1. The van der Waals surface area contributed by atoms with Gasteiger partial charge < -0.3 is 14.6 Å². The number of aliphatic hydroxyl groups is 1. The maximum Gasteiger partial charge on any atom is 0.193 e. The van der Waals surface area contributed by atoms with Crippen molar-refractivity contribution in [2.45, 2.75) is 80.9 Å². The van der Waals surface area contributed by atoms with E-state index in [1.165, 1.54) is 12.2 Å². The van der Waals surface area contributed by atoms with E-state index in [-0.39, 0.29) is 24.0 Å². The zero-order valence-electron chi connectivity index (χ0n) is 18.7. The molecular weight excluding hydrogens is 458 g/mol. The standard InChI is InChI=1S/C24H29Cl2FO5/c1-20(2)31-19-9-13-14-8-16(27)15-7-12(29)5-6-21(15,3)23(14,26)17(25)10-22(13,4)24(19,32-20)18(30)11-28/h5-7,13-14,16-17,19,28H,8-11H2,1-4H3/t13?,14?,16-,17?,19+,21?,22?,23-,24+/m0/s1. The number of carbonyl (C=O) groups excluding carboxylic acids is 2. The third-order valence-corrected chi connectivity index (χ3v) is 10.7. The van der Waals surface area contributed by atoms with E-state index in [1.54, 1.807) is 19.9 Å². The summed E-state index contributed by atoms with van der Waals surface area (Å²) in [6.07, 6.45) is 3.47. The monoisotopic (exact) mass is 486 g/mol. The van der Waals surface area contributed by atoms with Crippen molar-refractivity contribution in [2.24, 2.45) is 22.7 Å². The summed E-state index contributed by atoms with van der Waals surface area (Å²) in [4.78, 5) is 24.2. The molecule has 0 aromatic carbocycles. The Balaban J connectivity index is 1.66. The number of hydrogen-bond donors (Lipinski definition) is 1. The van der Waals surface area contributed by atoms with Crippen molar-refractivity contribution in [1.29, 1.82) is 0 Å². The largest absolute Gasteiger partial charge is 0.388 e. The van der Waals surface area contributed by atoms with E-state index in [9.17, 15) is 14.7 Å². The fraction of sp³-hybridized carbons (Fsp3) is 0.750. The summed E-state index contributed by atoms with van der Waals surface area (Å²) in [6.45, 7) is 6.63. The van der Waals surface area contributed by atoms with Crippen molar-refractivity contribution in [1.82, 2.24) is 0 Å². The number of allylic oxidation sites excluding steroid dienone is 4. The highest BCUT2D eigenvalue weighted by Crippen LogP contribution is 2.73. The minimum Gasteiger partial charge on any atom is -0.388 e. The summed E-state index contributed by atoms with van der Waals surface area (Å²) in [5, 5.41) is 9.24. The van der Waals surface area contributed by atoms with Crippen LogP contribution in [0.5, 0.6) is 0 Å². The number of halogens is 3. The molecule has 4 fully saturated rings. The van der Waals surface area contributed by atoms with Crippen molar-refractivity contribution in [3.05, 3.63) is 23.8 Å². The second-order valence-corrected chi connectivity index (χ2v) is 12.1. The van der Waals surface area contributed by atoms with Gasteiger partial charge in [0.15, 0.2) is 23.0 Å². The smallest absolute Gasteiger partial charge is 0.193 e. The summed E-state index contributed by atoms with van der Waals surface area (Å²) in [7, 11) is 0. The van der Waals surface area contributed by atoms with Crippen LogP contribution in [-0.2, 0) is 19.1 Å². The van der Waals surface area contributed by atoms with Gasteiger partial charge in [-0.15, -0.1) is 23.2 Å². The van der Waals surface area contributed by atoms with E-state index in [2.05, 4.69) is 0 Å². The molecule has 3 saturated carbocycles. The zero-order valence-corrected chi connectivity index (χ0v) is 20.2. The average Bonchev–Trinajstić information content (AvgIpc) is 3.11. The fourth-order valence-electron chi connectivity index (χ4n) is 7.85. The molecule has 1 saturated heterocycles. The van der Waals surface area contributed by atoms with Crippen LogP contribution in [0.2, 0.25) is 0 Å². The highest BCUT2D eigenvalue weighted by molar-refractivity contribution is 6.34. The van der Waals surface area contributed by atoms with Crippen LogP contribution in [0.15, 0.2) is 23.8 Å². The Hall–Kier alpha value is -0.790. The van der Waals surface area contributed by atoms with Crippen LogP contribution in [0.4, 0.5) is 4.39 Å². The molecule has 0 radical (unpaired) electrons. The molecule has 5 aliphatic rings. The van der Waals surface area contributed by atoms with Crippen molar-refractivity contribution in [2.75, 3.05) is 6.61 Å². The molecule has 0 aromatic heterocycles. The Labute approximate surface area is 197 Å². The van der Waals surface area contributed by atoms with Gasteiger partial charge in [0.25, 0.3) is 0 Å². The van der Waals surface area contributed by atoms with Crippen LogP contribution in [0.3, 0.4) is 0 Å². The van der Waals surface area contributed by atoms with Crippen molar-refractivity contribution >= 4 is 34.8 Å². The lowest BCUT2D eigenvalue weighted by atomic mass is 9.46. The molecule has 0 bridgehead atoms. The maximum atomic E-state index is 15.6. The highest BCUT2D eigenvalue weighted by Gasteiger charge is 2.79. The van der Waals surface area contributed by atoms with Gasteiger partial charge in [0.1, 0.15) is 12.8 Å². The van der Waals surface area contributed by atoms with Gasteiger partial charge in [0.05, 0.1) is 16.4 Å². The Morgan fingerprint density at radius 3 is 2.59 bits per heavy atom. The Kier molecular flexibility index (Phi) is 4.78. The van der Waals surface area contributed by atoms with Crippen LogP contribution in [-0.4, -0.2) is 57.2 Å². The average molecular weight is 487 g/mol. The van der Waals surface area contributed by atoms with Crippen LogP contribution in [0.25, 0.3) is 0 Å². The summed E-state index contributed by atoms with van der Waals surface area (Å²) in [6, 6.07) is 0. The molecule has 9 atom stereocenters. The number of carbonyl (C=O) groups is 2. The second-order valence-electron chi connectivity index (χ2n) is 11.0. The van der Waals surface area contributed by atoms with Crippen molar-refractivity contribution < 1.29 is 28.6 Å². The predicted molar refractivity (Wildman–Crippen MR) is 117 cm³/mol. The number of rotatable bonds is 2. The first kappa shape index (κ1) is 23.0. The quantitative estimate of drug-likeness (QED) is 0.599. The van der Waals surface area contributed by atoms with Gasteiger partial charge in [0.2, 0.25) is 0 Å². The molecule has 1 N–H and O–H groups in total. The normalized spacial score (nSPS) is 53.2. The van der Waals surface area contributed by atoms with Gasteiger partial charge in [-0.1, -0.05) is 19.9 Å².